The Morgan fingerprint density at radius 2 is 2.04 bits per heavy atom. The fourth-order valence-corrected chi connectivity index (χ4v) is 2.79. The number of nitrogens with one attached hydrogen (secondary N) is 1. The zero-order valence-electron chi connectivity index (χ0n) is 14.4. The molecular weight excluding hydrogens is 322 g/mol. The van der Waals surface area contributed by atoms with Gasteiger partial charge < -0.3 is 9.30 Å². The first-order valence-electron chi connectivity index (χ1n) is 8.31. The average Bonchev–Trinajstić information content (AvgIpc) is 3.00. The van der Waals surface area contributed by atoms with Crippen LogP contribution in [0.25, 0.3) is 22.7 Å². The van der Waals surface area contributed by atoms with Crippen LogP contribution in [0.4, 0.5) is 0 Å². The first-order chi connectivity index (χ1) is 12.2. The van der Waals surface area contributed by atoms with Gasteiger partial charge in [0, 0.05) is 26.4 Å². The quantitative estimate of drug-likeness (QED) is 0.699. The number of imidazole rings is 1. The standard InChI is InChI=1S/C17H21N5O3/c1-3-4-9-22-15-13(16(23)20-17(22)24)21(10-11-25-2)14(19-15)12-7-5-6-8-18-12/h5-8H,3-4,9-11H2,1-2H3,(H,20,23,24). The number of ether oxygens (including phenoxy) is 1. The number of pyridine rings is 1. The fraction of sp³-hybridized carbons (Fsp3) is 0.412. The molecule has 3 heterocycles. The lowest BCUT2D eigenvalue weighted by atomic mass is 10.3. The topological polar surface area (TPSA) is 94.8 Å². The molecule has 3 rings (SSSR count). The first-order valence-corrected chi connectivity index (χ1v) is 8.31. The van der Waals surface area contributed by atoms with E-state index in [9.17, 15) is 9.59 Å². The van der Waals surface area contributed by atoms with Crippen LogP contribution in [0.3, 0.4) is 0 Å². The van der Waals surface area contributed by atoms with Gasteiger partial charge in [0.2, 0.25) is 0 Å². The average molecular weight is 343 g/mol. The lowest BCUT2D eigenvalue weighted by Gasteiger charge is -2.08. The number of rotatable bonds is 7. The van der Waals surface area contributed by atoms with Gasteiger partial charge in [-0.05, 0) is 18.6 Å². The van der Waals surface area contributed by atoms with Crippen molar-refractivity contribution in [3.8, 4) is 11.5 Å². The van der Waals surface area contributed by atoms with E-state index in [1.807, 2.05) is 25.1 Å². The predicted octanol–water partition coefficient (Wildman–Crippen LogP) is 1.39. The Bertz CT molecular complexity index is 972. The summed E-state index contributed by atoms with van der Waals surface area (Å²) >= 11 is 0. The lowest BCUT2D eigenvalue weighted by Crippen LogP contribution is -2.31. The highest BCUT2D eigenvalue weighted by Crippen LogP contribution is 2.20. The van der Waals surface area contributed by atoms with Gasteiger partial charge in [0.25, 0.3) is 5.56 Å². The van der Waals surface area contributed by atoms with E-state index in [1.54, 1.807) is 17.9 Å². The van der Waals surface area contributed by atoms with Gasteiger partial charge in [-0.3, -0.25) is 19.3 Å². The third-order valence-corrected chi connectivity index (χ3v) is 4.03. The van der Waals surface area contributed by atoms with Gasteiger partial charge in [0.15, 0.2) is 17.0 Å². The van der Waals surface area contributed by atoms with Crippen molar-refractivity contribution < 1.29 is 4.74 Å². The summed E-state index contributed by atoms with van der Waals surface area (Å²) in [6.45, 7) is 3.41. The minimum Gasteiger partial charge on any atom is -0.383 e. The van der Waals surface area contributed by atoms with Crippen LogP contribution in [0, 0.1) is 0 Å². The van der Waals surface area contributed by atoms with Gasteiger partial charge in [-0.25, -0.2) is 9.78 Å². The van der Waals surface area contributed by atoms with Crippen LogP contribution < -0.4 is 11.2 Å². The maximum absolute atomic E-state index is 12.5. The number of fused-ring (bicyclic) bond motifs is 1. The number of aromatic amines is 1. The third-order valence-electron chi connectivity index (χ3n) is 4.03. The highest BCUT2D eigenvalue weighted by Gasteiger charge is 2.19. The number of aromatic nitrogens is 5. The molecule has 0 radical (unpaired) electrons. The maximum atomic E-state index is 12.5. The van der Waals surface area contributed by atoms with Crippen molar-refractivity contribution in [2.24, 2.45) is 0 Å². The van der Waals surface area contributed by atoms with Crippen molar-refractivity contribution in [1.82, 2.24) is 24.1 Å². The van der Waals surface area contributed by atoms with E-state index in [0.29, 0.717) is 42.4 Å². The van der Waals surface area contributed by atoms with Crippen molar-refractivity contribution in [3.05, 3.63) is 45.2 Å². The predicted molar refractivity (Wildman–Crippen MR) is 94.6 cm³/mol. The molecule has 0 bridgehead atoms. The Labute approximate surface area is 144 Å². The van der Waals surface area contributed by atoms with Crippen molar-refractivity contribution in [2.75, 3.05) is 13.7 Å². The molecular formula is C17H21N5O3. The van der Waals surface area contributed by atoms with Crippen molar-refractivity contribution in [1.29, 1.82) is 0 Å². The monoisotopic (exact) mass is 343 g/mol. The highest BCUT2D eigenvalue weighted by molar-refractivity contribution is 5.76. The molecule has 0 saturated heterocycles. The molecule has 0 aliphatic rings. The van der Waals surface area contributed by atoms with E-state index in [0.717, 1.165) is 12.8 Å². The largest absolute Gasteiger partial charge is 0.383 e. The number of unbranched alkanes of at least 4 members (excludes halogenated alkanes) is 1. The van der Waals surface area contributed by atoms with E-state index in [1.165, 1.54) is 4.57 Å². The molecule has 0 atom stereocenters. The normalized spacial score (nSPS) is 11.3. The molecule has 0 aliphatic heterocycles. The summed E-state index contributed by atoms with van der Waals surface area (Å²) < 4.78 is 8.45. The third kappa shape index (κ3) is 3.25. The molecule has 8 heteroatoms. The molecule has 3 aromatic heterocycles. The van der Waals surface area contributed by atoms with E-state index >= 15 is 0 Å². The molecule has 1 N–H and O–H groups in total. The highest BCUT2D eigenvalue weighted by atomic mass is 16.5. The summed E-state index contributed by atoms with van der Waals surface area (Å²) in [5.41, 5.74) is 0.518. The van der Waals surface area contributed by atoms with Crippen molar-refractivity contribution in [2.45, 2.75) is 32.9 Å². The fourth-order valence-electron chi connectivity index (χ4n) is 2.79. The van der Waals surface area contributed by atoms with Gasteiger partial charge in [-0.1, -0.05) is 19.4 Å². The van der Waals surface area contributed by atoms with Crippen LogP contribution in [-0.4, -0.2) is 37.8 Å². The first kappa shape index (κ1) is 17.1. The molecule has 3 aromatic rings. The zero-order valence-corrected chi connectivity index (χ0v) is 14.4. The Morgan fingerprint density at radius 3 is 2.72 bits per heavy atom. The van der Waals surface area contributed by atoms with Gasteiger partial charge in [-0.2, -0.15) is 0 Å². The summed E-state index contributed by atoms with van der Waals surface area (Å²) in [6.07, 6.45) is 3.43. The van der Waals surface area contributed by atoms with Crippen LogP contribution >= 0.6 is 0 Å². The minimum absolute atomic E-state index is 0.369. The Kier molecular flexibility index (Phi) is 5.08. The van der Waals surface area contributed by atoms with E-state index in [2.05, 4.69) is 15.0 Å². The zero-order chi connectivity index (χ0) is 17.8. The van der Waals surface area contributed by atoms with Crippen LogP contribution in [-0.2, 0) is 17.8 Å². The molecule has 0 aliphatic carbocycles. The number of hydrogen-bond acceptors (Lipinski definition) is 5. The van der Waals surface area contributed by atoms with Crippen molar-refractivity contribution >= 4 is 11.2 Å². The lowest BCUT2D eigenvalue weighted by molar-refractivity contribution is 0.188. The van der Waals surface area contributed by atoms with Crippen LogP contribution in [0.1, 0.15) is 19.8 Å². The summed E-state index contributed by atoms with van der Waals surface area (Å²) in [6, 6.07) is 5.50. The molecule has 0 fully saturated rings. The van der Waals surface area contributed by atoms with Crippen LogP contribution in [0.15, 0.2) is 34.0 Å². The van der Waals surface area contributed by atoms with Crippen LogP contribution in [0.2, 0.25) is 0 Å². The Hall–Kier alpha value is -2.74. The summed E-state index contributed by atoms with van der Waals surface area (Å²) in [5.74, 6) is 0.550. The second-order valence-electron chi connectivity index (χ2n) is 5.73. The number of H-pyrrole nitrogens is 1. The van der Waals surface area contributed by atoms with Gasteiger partial charge in [0.05, 0.1) is 6.61 Å². The number of methoxy groups -OCH3 is 1. The number of aryl methyl sites for hydroxylation is 1. The molecule has 0 unspecified atom stereocenters. The molecule has 8 nitrogen and oxygen atoms in total. The summed E-state index contributed by atoms with van der Waals surface area (Å²) in [4.78, 5) is 36.0. The summed E-state index contributed by atoms with van der Waals surface area (Å²) in [7, 11) is 1.60. The molecule has 0 amide bonds. The molecule has 0 saturated carbocycles. The number of nitrogens with zero attached hydrogens (tertiary/aromatic N) is 4. The van der Waals surface area contributed by atoms with E-state index in [4.69, 9.17) is 4.74 Å². The Balaban J connectivity index is 2.30. The molecule has 0 aromatic carbocycles. The van der Waals surface area contributed by atoms with E-state index < -0.39 is 11.2 Å². The van der Waals surface area contributed by atoms with Gasteiger partial charge in [0.1, 0.15) is 5.69 Å². The molecule has 0 spiro atoms. The van der Waals surface area contributed by atoms with Crippen LogP contribution in [0.5, 0.6) is 0 Å². The van der Waals surface area contributed by atoms with E-state index in [-0.39, 0.29) is 0 Å². The summed E-state index contributed by atoms with van der Waals surface area (Å²) in [5, 5.41) is 0. The SMILES string of the molecule is CCCCn1c(=O)[nH]c(=O)c2c1nc(-c1ccccn1)n2CCOC. The number of hydrogen-bond donors (Lipinski definition) is 1. The Morgan fingerprint density at radius 1 is 1.20 bits per heavy atom. The van der Waals surface area contributed by atoms with Crippen molar-refractivity contribution in [3.63, 3.8) is 0 Å². The second-order valence-corrected chi connectivity index (χ2v) is 5.73. The smallest absolute Gasteiger partial charge is 0.330 e. The second kappa shape index (κ2) is 7.43. The molecule has 25 heavy (non-hydrogen) atoms. The maximum Gasteiger partial charge on any atom is 0.330 e. The van der Waals surface area contributed by atoms with Gasteiger partial charge in [-0.15, -0.1) is 0 Å². The molecule has 132 valence electrons. The van der Waals surface area contributed by atoms with Gasteiger partial charge >= 0.3 is 5.69 Å². The minimum atomic E-state index is -0.446.